The van der Waals surface area contributed by atoms with E-state index < -0.39 is 0 Å². The molecule has 1 aliphatic rings. The van der Waals surface area contributed by atoms with Crippen LogP contribution < -0.4 is 0 Å². The summed E-state index contributed by atoms with van der Waals surface area (Å²) in [6.45, 7) is 6.04. The Morgan fingerprint density at radius 2 is 2.38 bits per heavy atom. The summed E-state index contributed by atoms with van der Waals surface area (Å²) in [5.74, 6) is 6.27. The molecular formula is C11H19NO. The fourth-order valence-electron chi connectivity index (χ4n) is 1.68. The van der Waals surface area contributed by atoms with Crippen molar-refractivity contribution in [2.75, 3.05) is 13.1 Å². The number of aliphatic hydroxyl groups is 1. The van der Waals surface area contributed by atoms with Crippen LogP contribution in [0.15, 0.2) is 0 Å². The van der Waals surface area contributed by atoms with Gasteiger partial charge in [0.2, 0.25) is 0 Å². The zero-order valence-corrected chi connectivity index (χ0v) is 8.58. The van der Waals surface area contributed by atoms with Crippen molar-refractivity contribution < 1.29 is 5.11 Å². The fourth-order valence-corrected chi connectivity index (χ4v) is 1.68. The van der Waals surface area contributed by atoms with Gasteiger partial charge in [0.25, 0.3) is 0 Å². The quantitative estimate of drug-likeness (QED) is 0.615. The average Bonchev–Trinajstić information content (AvgIpc) is 2.14. The first-order valence-electron chi connectivity index (χ1n) is 5.14. The number of hydrogen-bond donors (Lipinski definition) is 1. The monoisotopic (exact) mass is 181 g/mol. The topological polar surface area (TPSA) is 23.5 Å². The predicted molar refractivity (Wildman–Crippen MR) is 54.3 cm³/mol. The Kier molecular flexibility index (Phi) is 4.27. The fraction of sp³-hybridized carbons (Fsp3) is 0.818. The highest BCUT2D eigenvalue weighted by molar-refractivity contribution is 5.06. The normalized spacial score (nSPS) is 26.2. The van der Waals surface area contributed by atoms with E-state index in [0.717, 1.165) is 32.4 Å². The van der Waals surface area contributed by atoms with Gasteiger partial charge in [-0.15, -0.1) is 5.92 Å². The van der Waals surface area contributed by atoms with Crippen molar-refractivity contribution in [2.45, 2.75) is 45.3 Å². The zero-order valence-electron chi connectivity index (χ0n) is 8.58. The molecule has 0 saturated carbocycles. The number of nitrogens with zero attached hydrogens (tertiary/aromatic N) is 1. The maximum absolute atomic E-state index is 9.46. The van der Waals surface area contributed by atoms with Gasteiger partial charge in [-0.3, -0.25) is 4.90 Å². The third-order valence-electron chi connectivity index (χ3n) is 2.46. The number of rotatable bonds is 1. The molecule has 13 heavy (non-hydrogen) atoms. The Bertz CT molecular complexity index is 204. The van der Waals surface area contributed by atoms with E-state index in [1.807, 2.05) is 0 Å². The maximum atomic E-state index is 9.46. The standard InChI is InChI=1S/C11H19NO/c1-3-4-6-10(2)12-8-5-7-11(13)9-12/h10-11,13H,3,5,7-9H2,1-2H3. The van der Waals surface area contributed by atoms with E-state index in [1.165, 1.54) is 0 Å². The molecule has 2 heteroatoms. The second kappa shape index (κ2) is 5.26. The van der Waals surface area contributed by atoms with Crippen LogP contribution in [-0.2, 0) is 0 Å². The molecule has 1 aliphatic heterocycles. The van der Waals surface area contributed by atoms with Crippen LogP contribution in [0, 0.1) is 11.8 Å². The first-order chi connectivity index (χ1) is 6.24. The lowest BCUT2D eigenvalue weighted by atomic mass is 10.1. The molecule has 1 heterocycles. The van der Waals surface area contributed by atoms with Crippen LogP contribution >= 0.6 is 0 Å². The van der Waals surface area contributed by atoms with Gasteiger partial charge >= 0.3 is 0 Å². The summed E-state index contributed by atoms with van der Waals surface area (Å²) in [7, 11) is 0. The lowest BCUT2D eigenvalue weighted by Gasteiger charge is -2.32. The molecule has 2 atom stereocenters. The molecule has 1 rings (SSSR count). The third-order valence-corrected chi connectivity index (χ3v) is 2.46. The maximum Gasteiger partial charge on any atom is 0.0686 e. The largest absolute Gasteiger partial charge is 0.392 e. The van der Waals surface area contributed by atoms with Gasteiger partial charge in [-0.05, 0) is 26.3 Å². The molecule has 1 fully saturated rings. The van der Waals surface area contributed by atoms with Gasteiger partial charge in [0, 0.05) is 13.0 Å². The SMILES string of the molecule is CCC#CC(C)N1CCCC(O)C1. The first-order valence-corrected chi connectivity index (χ1v) is 5.14. The number of piperidine rings is 1. The van der Waals surface area contributed by atoms with Gasteiger partial charge < -0.3 is 5.11 Å². The zero-order chi connectivity index (χ0) is 9.68. The summed E-state index contributed by atoms with van der Waals surface area (Å²) < 4.78 is 0. The van der Waals surface area contributed by atoms with Crippen molar-refractivity contribution in [3.63, 3.8) is 0 Å². The molecule has 2 nitrogen and oxygen atoms in total. The lowest BCUT2D eigenvalue weighted by molar-refractivity contribution is 0.0622. The third kappa shape index (κ3) is 3.38. The summed E-state index contributed by atoms with van der Waals surface area (Å²) in [6.07, 6.45) is 2.82. The van der Waals surface area contributed by atoms with Crippen molar-refractivity contribution in [2.24, 2.45) is 0 Å². The van der Waals surface area contributed by atoms with Crippen molar-refractivity contribution in [3.8, 4) is 11.8 Å². The Labute approximate surface area is 80.9 Å². The van der Waals surface area contributed by atoms with E-state index >= 15 is 0 Å². The minimum atomic E-state index is -0.139. The summed E-state index contributed by atoms with van der Waals surface area (Å²) in [6, 6.07) is 0.301. The van der Waals surface area contributed by atoms with E-state index in [-0.39, 0.29) is 6.10 Å². The van der Waals surface area contributed by atoms with Crippen molar-refractivity contribution in [3.05, 3.63) is 0 Å². The number of likely N-dealkylation sites (tertiary alicyclic amines) is 1. The number of β-amino-alcohol motifs (C(OH)–C–C–N with tert-alkyl or cyclic N) is 1. The molecular weight excluding hydrogens is 162 g/mol. The molecule has 0 radical (unpaired) electrons. The lowest BCUT2D eigenvalue weighted by Crippen LogP contribution is -2.42. The second-order valence-corrected chi connectivity index (χ2v) is 3.64. The molecule has 0 aromatic rings. The van der Waals surface area contributed by atoms with E-state index in [4.69, 9.17) is 0 Å². The Balaban J connectivity index is 2.41. The van der Waals surface area contributed by atoms with Crippen LogP contribution in [0.3, 0.4) is 0 Å². The van der Waals surface area contributed by atoms with Crippen LogP contribution in [0.1, 0.15) is 33.1 Å². The summed E-state index contributed by atoms with van der Waals surface area (Å²) in [4.78, 5) is 2.26. The molecule has 0 spiro atoms. The summed E-state index contributed by atoms with van der Waals surface area (Å²) in [5, 5.41) is 9.46. The average molecular weight is 181 g/mol. The molecule has 0 aromatic heterocycles. The molecule has 74 valence electrons. The van der Waals surface area contributed by atoms with Crippen LogP contribution in [0.5, 0.6) is 0 Å². The molecule has 2 unspecified atom stereocenters. The van der Waals surface area contributed by atoms with E-state index in [1.54, 1.807) is 0 Å². The first kappa shape index (κ1) is 10.6. The Hall–Kier alpha value is -0.520. The predicted octanol–water partition coefficient (Wildman–Crippen LogP) is 1.25. The van der Waals surface area contributed by atoms with Gasteiger partial charge in [-0.1, -0.05) is 12.8 Å². The van der Waals surface area contributed by atoms with Gasteiger partial charge in [0.05, 0.1) is 12.1 Å². The summed E-state index contributed by atoms with van der Waals surface area (Å²) >= 11 is 0. The Morgan fingerprint density at radius 3 is 3.00 bits per heavy atom. The number of aliphatic hydroxyl groups excluding tert-OH is 1. The van der Waals surface area contributed by atoms with Crippen molar-refractivity contribution >= 4 is 0 Å². The minimum Gasteiger partial charge on any atom is -0.392 e. The van der Waals surface area contributed by atoms with Crippen LogP contribution in [0.2, 0.25) is 0 Å². The molecule has 1 saturated heterocycles. The van der Waals surface area contributed by atoms with E-state index in [2.05, 4.69) is 30.6 Å². The van der Waals surface area contributed by atoms with Crippen molar-refractivity contribution in [1.82, 2.24) is 4.90 Å². The molecule has 0 aliphatic carbocycles. The number of hydrogen-bond acceptors (Lipinski definition) is 2. The van der Waals surface area contributed by atoms with Gasteiger partial charge in [0.15, 0.2) is 0 Å². The minimum absolute atomic E-state index is 0.139. The highest BCUT2D eigenvalue weighted by Crippen LogP contribution is 2.12. The van der Waals surface area contributed by atoms with E-state index in [0.29, 0.717) is 6.04 Å². The van der Waals surface area contributed by atoms with Gasteiger partial charge in [-0.2, -0.15) is 0 Å². The Morgan fingerprint density at radius 1 is 1.62 bits per heavy atom. The highest BCUT2D eigenvalue weighted by atomic mass is 16.3. The molecule has 0 aromatic carbocycles. The van der Waals surface area contributed by atoms with Crippen LogP contribution in [0.4, 0.5) is 0 Å². The smallest absolute Gasteiger partial charge is 0.0686 e. The van der Waals surface area contributed by atoms with Gasteiger partial charge in [-0.25, -0.2) is 0 Å². The van der Waals surface area contributed by atoms with Gasteiger partial charge in [0.1, 0.15) is 0 Å². The summed E-state index contributed by atoms with van der Waals surface area (Å²) in [5.41, 5.74) is 0. The van der Waals surface area contributed by atoms with Crippen LogP contribution in [0.25, 0.3) is 0 Å². The molecule has 0 bridgehead atoms. The van der Waals surface area contributed by atoms with Crippen LogP contribution in [-0.4, -0.2) is 35.2 Å². The molecule has 1 N–H and O–H groups in total. The van der Waals surface area contributed by atoms with Crippen molar-refractivity contribution in [1.29, 1.82) is 0 Å². The highest BCUT2D eigenvalue weighted by Gasteiger charge is 2.20. The second-order valence-electron chi connectivity index (χ2n) is 3.64. The van der Waals surface area contributed by atoms with E-state index in [9.17, 15) is 5.11 Å². The molecule has 0 amide bonds.